The molecule has 0 spiro atoms. The minimum Gasteiger partial charge on any atom is -0.371 e. The van der Waals surface area contributed by atoms with Crippen LogP contribution in [0.3, 0.4) is 0 Å². The van der Waals surface area contributed by atoms with Crippen LogP contribution < -0.4 is 5.32 Å². The van der Waals surface area contributed by atoms with Gasteiger partial charge in [-0.05, 0) is 13.3 Å². The number of aromatic nitrogens is 2. The van der Waals surface area contributed by atoms with Crippen LogP contribution in [0.4, 0.5) is 5.69 Å². The lowest BCUT2D eigenvalue weighted by Gasteiger charge is -2.14. The number of anilines is 1. The third-order valence-electron chi connectivity index (χ3n) is 2.99. The highest BCUT2D eigenvalue weighted by Gasteiger charge is 2.37. The summed E-state index contributed by atoms with van der Waals surface area (Å²) in [6.07, 6.45) is 4.53. The minimum atomic E-state index is -0.446. The Morgan fingerprint density at radius 3 is 2.83 bits per heavy atom. The Labute approximate surface area is 106 Å². The Balaban J connectivity index is 2.02. The molecule has 1 aliphatic heterocycles. The summed E-state index contributed by atoms with van der Waals surface area (Å²) in [5.41, 5.74) is 0.779. The third kappa shape index (κ3) is 2.37. The van der Waals surface area contributed by atoms with E-state index in [4.69, 9.17) is 0 Å². The zero-order valence-electron chi connectivity index (χ0n) is 10.7. The van der Waals surface area contributed by atoms with Crippen LogP contribution in [0.25, 0.3) is 0 Å². The standard InChI is InChI=1S/C12H18N4O2/c1-3-5-16-11(17)6-10(12(16)18)14-9-7-13-15(4-2)8-9/h7-8,10,14H,3-6H2,1-2H3. The highest BCUT2D eigenvalue weighted by molar-refractivity contribution is 6.06. The number of rotatable bonds is 5. The molecule has 0 bridgehead atoms. The van der Waals surface area contributed by atoms with E-state index in [1.807, 2.05) is 20.0 Å². The van der Waals surface area contributed by atoms with Crippen molar-refractivity contribution in [3.8, 4) is 0 Å². The summed E-state index contributed by atoms with van der Waals surface area (Å²) in [5, 5.41) is 7.19. The zero-order valence-corrected chi connectivity index (χ0v) is 10.7. The molecule has 1 aliphatic rings. The highest BCUT2D eigenvalue weighted by atomic mass is 16.2. The summed E-state index contributed by atoms with van der Waals surface area (Å²) in [7, 11) is 0. The number of nitrogens with zero attached hydrogens (tertiary/aromatic N) is 3. The maximum absolute atomic E-state index is 12.0. The lowest BCUT2D eigenvalue weighted by atomic mass is 10.2. The van der Waals surface area contributed by atoms with Gasteiger partial charge in [0.25, 0.3) is 5.91 Å². The molecule has 2 amide bonds. The first-order chi connectivity index (χ1) is 8.65. The summed E-state index contributed by atoms with van der Waals surface area (Å²) < 4.78 is 1.77. The van der Waals surface area contributed by atoms with Gasteiger partial charge >= 0.3 is 0 Å². The van der Waals surface area contributed by atoms with Crippen LogP contribution in [0, 0.1) is 0 Å². The Morgan fingerprint density at radius 1 is 1.44 bits per heavy atom. The Kier molecular flexibility index (Phi) is 3.64. The summed E-state index contributed by atoms with van der Waals surface area (Å²) in [4.78, 5) is 25.0. The number of likely N-dealkylation sites (tertiary alicyclic amines) is 1. The quantitative estimate of drug-likeness (QED) is 0.787. The first-order valence-electron chi connectivity index (χ1n) is 6.29. The lowest BCUT2D eigenvalue weighted by Crippen LogP contribution is -2.35. The van der Waals surface area contributed by atoms with Crippen LogP contribution in [-0.2, 0) is 16.1 Å². The smallest absolute Gasteiger partial charge is 0.252 e. The van der Waals surface area contributed by atoms with Crippen molar-refractivity contribution in [2.45, 2.75) is 39.3 Å². The van der Waals surface area contributed by atoms with Crippen LogP contribution in [0.1, 0.15) is 26.7 Å². The Morgan fingerprint density at radius 2 is 2.22 bits per heavy atom. The Bertz CT molecular complexity index is 455. The number of aryl methyl sites for hydroxylation is 1. The molecule has 1 aromatic rings. The first-order valence-corrected chi connectivity index (χ1v) is 6.29. The van der Waals surface area contributed by atoms with Crippen molar-refractivity contribution in [1.29, 1.82) is 0 Å². The third-order valence-corrected chi connectivity index (χ3v) is 2.99. The van der Waals surface area contributed by atoms with Gasteiger partial charge in [0.2, 0.25) is 5.91 Å². The van der Waals surface area contributed by atoms with Gasteiger partial charge in [-0.25, -0.2) is 0 Å². The highest BCUT2D eigenvalue weighted by Crippen LogP contribution is 2.18. The van der Waals surface area contributed by atoms with Crippen molar-refractivity contribution in [3.63, 3.8) is 0 Å². The van der Waals surface area contributed by atoms with E-state index in [-0.39, 0.29) is 18.2 Å². The molecule has 0 aliphatic carbocycles. The van der Waals surface area contributed by atoms with Gasteiger partial charge in [-0.1, -0.05) is 6.92 Å². The zero-order chi connectivity index (χ0) is 13.1. The van der Waals surface area contributed by atoms with Gasteiger partial charge in [-0.3, -0.25) is 19.2 Å². The van der Waals surface area contributed by atoms with E-state index in [2.05, 4.69) is 10.4 Å². The number of hydrogen-bond donors (Lipinski definition) is 1. The molecule has 2 heterocycles. The van der Waals surface area contributed by atoms with Crippen LogP contribution in [0.2, 0.25) is 0 Å². The van der Waals surface area contributed by atoms with Gasteiger partial charge in [0, 0.05) is 19.3 Å². The molecular weight excluding hydrogens is 232 g/mol. The molecule has 0 saturated carbocycles. The fraction of sp³-hybridized carbons (Fsp3) is 0.583. The van der Waals surface area contributed by atoms with Crippen LogP contribution in [0.5, 0.6) is 0 Å². The van der Waals surface area contributed by atoms with E-state index in [1.54, 1.807) is 10.9 Å². The molecule has 1 fully saturated rings. The molecule has 6 heteroatoms. The molecular formula is C12H18N4O2. The molecule has 98 valence electrons. The van der Waals surface area contributed by atoms with Crippen molar-refractivity contribution in [3.05, 3.63) is 12.4 Å². The van der Waals surface area contributed by atoms with Crippen LogP contribution >= 0.6 is 0 Å². The van der Waals surface area contributed by atoms with Gasteiger partial charge in [-0.15, -0.1) is 0 Å². The Hall–Kier alpha value is -1.85. The molecule has 2 rings (SSSR count). The lowest BCUT2D eigenvalue weighted by molar-refractivity contribution is -0.138. The average Bonchev–Trinajstić information content (AvgIpc) is 2.90. The van der Waals surface area contributed by atoms with Crippen molar-refractivity contribution < 1.29 is 9.59 Å². The molecule has 1 saturated heterocycles. The fourth-order valence-electron chi connectivity index (χ4n) is 2.07. The van der Waals surface area contributed by atoms with Crippen molar-refractivity contribution in [2.75, 3.05) is 11.9 Å². The topological polar surface area (TPSA) is 67.2 Å². The molecule has 0 aromatic carbocycles. The minimum absolute atomic E-state index is 0.0952. The summed E-state index contributed by atoms with van der Waals surface area (Å²) in [6, 6.07) is -0.446. The monoisotopic (exact) mass is 250 g/mol. The second-order valence-electron chi connectivity index (χ2n) is 4.37. The summed E-state index contributed by atoms with van der Waals surface area (Å²) >= 11 is 0. The fourth-order valence-corrected chi connectivity index (χ4v) is 2.07. The molecule has 0 radical (unpaired) electrons. The summed E-state index contributed by atoms with van der Waals surface area (Å²) in [5.74, 6) is -0.228. The van der Waals surface area contributed by atoms with E-state index >= 15 is 0 Å². The van der Waals surface area contributed by atoms with E-state index in [1.165, 1.54) is 4.90 Å². The maximum Gasteiger partial charge on any atom is 0.252 e. The second-order valence-corrected chi connectivity index (χ2v) is 4.37. The number of hydrogen-bond acceptors (Lipinski definition) is 4. The van der Waals surface area contributed by atoms with Crippen molar-refractivity contribution in [2.24, 2.45) is 0 Å². The number of imide groups is 1. The predicted molar refractivity (Wildman–Crippen MR) is 66.9 cm³/mol. The molecule has 1 aromatic heterocycles. The van der Waals surface area contributed by atoms with Crippen LogP contribution in [-0.4, -0.2) is 39.1 Å². The molecule has 18 heavy (non-hydrogen) atoms. The van der Waals surface area contributed by atoms with E-state index in [0.717, 1.165) is 18.7 Å². The molecule has 6 nitrogen and oxygen atoms in total. The van der Waals surface area contributed by atoms with Crippen molar-refractivity contribution >= 4 is 17.5 Å². The van der Waals surface area contributed by atoms with Gasteiger partial charge in [-0.2, -0.15) is 5.10 Å². The van der Waals surface area contributed by atoms with Crippen LogP contribution in [0.15, 0.2) is 12.4 Å². The number of amides is 2. The van der Waals surface area contributed by atoms with E-state index < -0.39 is 6.04 Å². The molecule has 1 atom stereocenters. The average molecular weight is 250 g/mol. The molecule has 1 N–H and O–H groups in total. The largest absolute Gasteiger partial charge is 0.371 e. The van der Waals surface area contributed by atoms with Gasteiger partial charge in [0.1, 0.15) is 6.04 Å². The van der Waals surface area contributed by atoms with Gasteiger partial charge < -0.3 is 5.32 Å². The normalized spacial score (nSPS) is 19.7. The number of carbonyl (C=O) groups excluding carboxylic acids is 2. The second kappa shape index (κ2) is 5.20. The predicted octanol–water partition coefficient (Wildman–Crippen LogP) is 0.852. The van der Waals surface area contributed by atoms with E-state index in [0.29, 0.717) is 6.54 Å². The maximum atomic E-state index is 12.0. The van der Waals surface area contributed by atoms with Gasteiger partial charge in [0.05, 0.1) is 18.3 Å². The van der Waals surface area contributed by atoms with Gasteiger partial charge in [0.15, 0.2) is 0 Å². The first kappa shape index (κ1) is 12.6. The SMILES string of the molecule is CCCN1C(=O)CC(Nc2cnn(CC)c2)C1=O. The van der Waals surface area contributed by atoms with Crippen molar-refractivity contribution in [1.82, 2.24) is 14.7 Å². The number of carbonyl (C=O) groups is 2. The van der Waals surface area contributed by atoms with E-state index in [9.17, 15) is 9.59 Å². The molecule has 1 unspecified atom stereocenters. The number of nitrogens with one attached hydrogen (secondary N) is 1. The summed E-state index contributed by atoms with van der Waals surface area (Å²) in [6.45, 7) is 5.22.